The average molecular weight is 279 g/mol. The zero-order chi connectivity index (χ0) is 12.8. The van der Waals surface area contributed by atoms with E-state index >= 15 is 0 Å². The molecule has 0 fully saturated rings. The van der Waals surface area contributed by atoms with Crippen molar-refractivity contribution >= 4 is 40.0 Å². The molecule has 0 radical (unpaired) electrons. The van der Waals surface area contributed by atoms with Crippen molar-refractivity contribution in [3.63, 3.8) is 0 Å². The SMILES string of the molecule is CCOC(=O)C(Cl)=NNc1cccc(Cl)c1F. The highest BCUT2D eigenvalue weighted by Gasteiger charge is 2.10. The zero-order valence-corrected chi connectivity index (χ0v) is 10.3. The molecule has 1 rings (SSSR count). The summed E-state index contributed by atoms with van der Waals surface area (Å²) in [6.45, 7) is 1.81. The maximum atomic E-state index is 13.4. The Kier molecular flexibility index (Phi) is 5.18. The average Bonchev–Trinajstić information content (AvgIpc) is 2.31. The summed E-state index contributed by atoms with van der Waals surface area (Å²) in [7, 11) is 0. The minimum absolute atomic E-state index is 0.0138. The number of esters is 1. The molecule has 0 heterocycles. The van der Waals surface area contributed by atoms with Crippen molar-refractivity contribution in [2.75, 3.05) is 12.0 Å². The fourth-order valence-corrected chi connectivity index (χ4v) is 1.21. The van der Waals surface area contributed by atoms with Gasteiger partial charge in [-0.1, -0.05) is 29.3 Å². The monoisotopic (exact) mass is 278 g/mol. The van der Waals surface area contributed by atoms with Crippen LogP contribution < -0.4 is 5.43 Å². The summed E-state index contributed by atoms with van der Waals surface area (Å²) in [5.74, 6) is -1.46. The number of carbonyl (C=O) groups excluding carboxylic acids is 1. The molecule has 0 aliphatic carbocycles. The number of benzene rings is 1. The second-order valence-corrected chi connectivity index (χ2v) is 3.60. The number of rotatable bonds is 4. The lowest BCUT2D eigenvalue weighted by atomic mass is 10.3. The van der Waals surface area contributed by atoms with Gasteiger partial charge >= 0.3 is 5.97 Å². The molecular formula is C10H9Cl2FN2O2. The van der Waals surface area contributed by atoms with Crippen LogP contribution in [0, 0.1) is 5.82 Å². The van der Waals surface area contributed by atoms with Crippen molar-refractivity contribution in [3.8, 4) is 0 Å². The van der Waals surface area contributed by atoms with Gasteiger partial charge in [0.15, 0.2) is 5.82 Å². The highest BCUT2D eigenvalue weighted by atomic mass is 35.5. The molecule has 0 bridgehead atoms. The lowest BCUT2D eigenvalue weighted by Gasteiger charge is -2.04. The molecule has 17 heavy (non-hydrogen) atoms. The predicted octanol–water partition coefficient (Wildman–Crippen LogP) is 3.01. The molecule has 0 aliphatic rings. The summed E-state index contributed by atoms with van der Waals surface area (Å²) in [4.78, 5) is 11.1. The van der Waals surface area contributed by atoms with E-state index in [0.717, 1.165) is 0 Å². The molecule has 0 spiro atoms. The number of halogens is 3. The molecule has 4 nitrogen and oxygen atoms in total. The van der Waals surface area contributed by atoms with Crippen LogP contribution in [0.15, 0.2) is 23.3 Å². The number of hydrogen-bond acceptors (Lipinski definition) is 4. The maximum absolute atomic E-state index is 13.4. The van der Waals surface area contributed by atoms with Crippen LogP contribution in [0.2, 0.25) is 5.02 Å². The second-order valence-electron chi connectivity index (χ2n) is 2.84. The van der Waals surface area contributed by atoms with E-state index in [9.17, 15) is 9.18 Å². The van der Waals surface area contributed by atoms with Gasteiger partial charge in [-0.2, -0.15) is 5.10 Å². The minimum Gasteiger partial charge on any atom is -0.461 e. The van der Waals surface area contributed by atoms with Crippen molar-refractivity contribution in [1.29, 1.82) is 0 Å². The summed E-state index contributed by atoms with van der Waals surface area (Å²) in [6, 6.07) is 4.32. The van der Waals surface area contributed by atoms with E-state index in [1.54, 1.807) is 6.92 Å². The van der Waals surface area contributed by atoms with Crippen LogP contribution in [0.25, 0.3) is 0 Å². The molecule has 0 saturated heterocycles. The van der Waals surface area contributed by atoms with Gasteiger partial charge in [0.25, 0.3) is 0 Å². The van der Waals surface area contributed by atoms with Crippen molar-refractivity contribution in [2.24, 2.45) is 5.10 Å². The Bertz CT molecular complexity index is 452. The summed E-state index contributed by atoms with van der Waals surface area (Å²) in [5.41, 5.74) is 2.30. The molecule has 0 aromatic heterocycles. The van der Waals surface area contributed by atoms with E-state index in [2.05, 4.69) is 15.3 Å². The van der Waals surface area contributed by atoms with E-state index in [4.69, 9.17) is 23.2 Å². The van der Waals surface area contributed by atoms with Crippen LogP contribution in [0.5, 0.6) is 0 Å². The highest BCUT2D eigenvalue weighted by molar-refractivity contribution is 6.82. The van der Waals surface area contributed by atoms with Gasteiger partial charge < -0.3 is 4.74 Å². The molecule has 92 valence electrons. The molecule has 1 aromatic rings. The third-order valence-corrected chi connectivity index (χ3v) is 2.20. The summed E-state index contributed by atoms with van der Waals surface area (Å²) >= 11 is 11.1. The predicted molar refractivity (Wildman–Crippen MR) is 65.0 cm³/mol. The molecule has 0 amide bonds. The van der Waals surface area contributed by atoms with Gasteiger partial charge in [-0.15, -0.1) is 0 Å². The number of anilines is 1. The third kappa shape index (κ3) is 3.87. The summed E-state index contributed by atoms with van der Waals surface area (Å²) in [6.07, 6.45) is 0. The highest BCUT2D eigenvalue weighted by Crippen LogP contribution is 2.21. The summed E-state index contributed by atoms with van der Waals surface area (Å²) in [5, 5.41) is 2.99. The number of hydrogen-bond donors (Lipinski definition) is 1. The fourth-order valence-electron chi connectivity index (χ4n) is 0.936. The van der Waals surface area contributed by atoms with Gasteiger partial charge in [0, 0.05) is 0 Å². The van der Waals surface area contributed by atoms with E-state index in [-0.39, 0.29) is 17.3 Å². The number of ether oxygens (including phenoxy) is 1. The van der Waals surface area contributed by atoms with Crippen molar-refractivity contribution < 1.29 is 13.9 Å². The van der Waals surface area contributed by atoms with E-state index in [1.807, 2.05) is 0 Å². The van der Waals surface area contributed by atoms with Gasteiger partial charge in [0.2, 0.25) is 5.17 Å². The number of nitrogens with zero attached hydrogens (tertiary/aromatic N) is 1. The largest absolute Gasteiger partial charge is 0.461 e. The molecule has 0 aliphatic heterocycles. The van der Waals surface area contributed by atoms with Crippen molar-refractivity contribution in [2.45, 2.75) is 6.92 Å². The van der Waals surface area contributed by atoms with Gasteiger partial charge in [0.05, 0.1) is 17.3 Å². The summed E-state index contributed by atoms with van der Waals surface area (Å²) < 4.78 is 18.0. The molecule has 1 N–H and O–H groups in total. The minimum atomic E-state index is -0.788. The van der Waals surface area contributed by atoms with E-state index < -0.39 is 17.0 Å². The third-order valence-electron chi connectivity index (χ3n) is 1.67. The Morgan fingerprint density at radius 1 is 1.59 bits per heavy atom. The van der Waals surface area contributed by atoms with Gasteiger partial charge in [-0.3, -0.25) is 5.43 Å². The zero-order valence-electron chi connectivity index (χ0n) is 8.84. The Morgan fingerprint density at radius 2 is 2.29 bits per heavy atom. The lowest BCUT2D eigenvalue weighted by Crippen LogP contribution is -2.13. The normalized spacial score (nSPS) is 11.2. The molecule has 0 saturated carbocycles. The molecule has 7 heteroatoms. The quantitative estimate of drug-likeness (QED) is 0.523. The van der Waals surface area contributed by atoms with Gasteiger partial charge in [-0.05, 0) is 19.1 Å². The fraction of sp³-hybridized carbons (Fsp3) is 0.200. The topological polar surface area (TPSA) is 50.7 Å². The van der Waals surface area contributed by atoms with Gasteiger partial charge in [-0.25, -0.2) is 9.18 Å². The first-order chi connectivity index (χ1) is 8.06. The second kappa shape index (κ2) is 6.42. The van der Waals surface area contributed by atoms with Crippen LogP contribution in [-0.4, -0.2) is 17.7 Å². The maximum Gasteiger partial charge on any atom is 0.370 e. The molecular weight excluding hydrogens is 270 g/mol. The van der Waals surface area contributed by atoms with Crippen LogP contribution in [0.4, 0.5) is 10.1 Å². The van der Waals surface area contributed by atoms with E-state index in [1.165, 1.54) is 18.2 Å². The van der Waals surface area contributed by atoms with Crippen LogP contribution >= 0.6 is 23.2 Å². The van der Waals surface area contributed by atoms with Crippen molar-refractivity contribution in [3.05, 3.63) is 29.0 Å². The first kappa shape index (κ1) is 13.7. The molecule has 0 atom stereocenters. The Hall–Kier alpha value is -1.33. The molecule has 1 aromatic carbocycles. The van der Waals surface area contributed by atoms with Gasteiger partial charge in [0.1, 0.15) is 0 Å². The van der Waals surface area contributed by atoms with Crippen LogP contribution in [0.3, 0.4) is 0 Å². The van der Waals surface area contributed by atoms with E-state index in [0.29, 0.717) is 0 Å². The molecule has 0 unspecified atom stereocenters. The smallest absolute Gasteiger partial charge is 0.370 e. The van der Waals surface area contributed by atoms with Crippen LogP contribution in [-0.2, 0) is 9.53 Å². The van der Waals surface area contributed by atoms with Crippen LogP contribution in [0.1, 0.15) is 6.92 Å². The lowest BCUT2D eigenvalue weighted by molar-refractivity contribution is -0.134. The Balaban J connectivity index is 2.75. The van der Waals surface area contributed by atoms with Crippen molar-refractivity contribution in [1.82, 2.24) is 0 Å². The Labute approximate surface area is 107 Å². The number of carbonyl (C=O) groups is 1. The first-order valence-electron chi connectivity index (χ1n) is 4.66. The standard InChI is InChI=1S/C10H9Cl2FN2O2/c1-2-17-10(16)9(12)15-14-7-5-3-4-6(11)8(7)13/h3-5,14H,2H2,1H3. The Morgan fingerprint density at radius 3 is 2.94 bits per heavy atom. The first-order valence-corrected chi connectivity index (χ1v) is 5.42. The number of hydrazone groups is 1. The number of nitrogens with one attached hydrogen (secondary N) is 1.